The number of aryl methyl sites for hydroxylation is 1. The fourth-order valence-electron chi connectivity index (χ4n) is 3.36. The minimum absolute atomic E-state index is 0.676. The van der Waals surface area contributed by atoms with E-state index in [1.165, 1.54) is 0 Å². The first-order valence-corrected chi connectivity index (χ1v) is 10.6. The van der Waals surface area contributed by atoms with Crippen LogP contribution in [0.5, 0.6) is 0 Å². The molecule has 0 bridgehead atoms. The fourth-order valence-corrected chi connectivity index (χ4v) is 4.31. The Bertz CT molecular complexity index is 1180. The van der Waals surface area contributed by atoms with Crippen LogP contribution in [0.1, 0.15) is 5.56 Å². The first-order valence-electron chi connectivity index (χ1n) is 9.73. The maximum atomic E-state index is 5.49. The second-order valence-electron chi connectivity index (χ2n) is 6.98. The molecule has 4 heterocycles. The van der Waals surface area contributed by atoms with Crippen LogP contribution in [0.2, 0.25) is 0 Å². The highest BCUT2D eigenvalue weighted by atomic mass is 32.1. The first-order chi connectivity index (χ1) is 14.8. The molecule has 4 aromatic rings. The molecule has 0 saturated carbocycles. The van der Waals surface area contributed by atoms with E-state index >= 15 is 0 Å². The number of anilines is 2. The molecule has 0 spiro atoms. The zero-order chi connectivity index (χ0) is 20.3. The van der Waals surface area contributed by atoms with Crippen LogP contribution in [0.3, 0.4) is 0 Å². The number of morpholine rings is 1. The molecular weight excluding hydrogens is 398 g/mol. The van der Waals surface area contributed by atoms with Crippen LogP contribution in [-0.2, 0) is 11.8 Å². The van der Waals surface area contributed by atoms with E-state index in [1.807, 2.05) is 49.8 Å². The first kappa shape index (κ1) is 18.7. The van der Waals surface area contributed by atoms with E-state index < -0.39 is 0 Å². The predicted molar refractivity (Wildman–Crippen MR) is 120 cm³/mol. The molecule has 152 valence electrons. The van der Waals surface area contributed by atoms with E-state index in [1.54, 1.807) is 22.2 Å². The number of aromatic nitrogens is 4. The molecule has 0 amide bonds. The Morgan fingerprint density at radius 1 is 1.17 bits per heavy atom. The Hall–Kier alpha value is -3.30. The van der Waals surface area contributed by atoms with E-state index in [0.29, 0.717) is 25.0 Å². The van der Waals surface area contributed by atoms with Gasteiger partial charge in [0.1, 0.15) is 0 Å². The summed E-state index contributed by atoms with van der Waals surface area (Å²) >= 11 is 1.60. The lowest BCUT2D eigenvalue weighted by Crippen LogP contribution is -2.37. The van der Waals surface area contributed by atoms with E-state index in [-0.39, 0.29) is 0 Å². The molecule has 1 aliphatic rings. The molecule has 9 heteroatoms. The number of thiophene rings is 1. The van der Waals surface area contributed by atoms with Crippen LogP contribution in [0.15, 0.2) is 53.2 Å². The number of ether oxygens (including phenoxy) is 1. The van der Waals surface area contributed by atoms with Gasteiger partial charge in [0.15, 0.2) is 5.82 Å². The van der Waals surface area contributed by atoms with Crippen molar-refractivity contribution in [2.45, 2.75) is 0 Å². The second kappa shape index (κ2) is 8.21. The van der Waals surface area contributed by atoms with Crippen molar-refractivity contribution < 1.29 is 4.74 Å². The molecule has 3 aromatic heterocycles. The molecule has 1 aliphatic heterocycles. The zero-order valence-corrected chi connectivity index (χ0v) is 17.3. The molecule has 1 fully saturated rings. The van der Waals surface area contributed by atoms with Crippen molar-refractivity contribution in [3.8, 4) is 11.1 Å². The molecule has 1 aromatic carbocycles. The van der Waals surface area contributed by atoms with Crippen molar-refractivity contribution in [2.75, 3.05) is 36.6 Å². The van der Waals surface area contributed by atoms with Crippen LogP contribution >= 0.6 is 11.3 Å². The lowest BCUT2D eigenvalue weighted by Gasteiger charge is -2.27. The van der Waals surface area contributed by atoms with Gasteiger partial charge in [0.2, 0.25) is 5.95 Å². The third-order valence-electron chi connectivity index (χ3n) is 4.90. The van der Waals surface area contributed by atoms with E-state index in [4.69, 9.17) is 14.7 Å². The number of fused-ring (bicyclic) bond motifs is 1. The van der Waals surface area contributed by atoms with Crippen LogP contribution < -0.4 is 10.3 Å². The molecule has 5 rings (SSSR count). The Balaban J connectivity index is 1.55. The highest BCUT2D eigenvalue weighted by Crippen LogP contribution is 2.37. The molecule has 0 unspecified atom stereocenters. The smallest absolute Gasteiger partial charge is 0.228 e. The van der Waals surface area contributed by atoms with Gasteiger partial charge in [0, 0.05) is 42.8 Å². The molecular formula is C21H21N7OS. The topological polar surface area (TPSA) is 80.5 Å². The van der Waals surface area contributed by atoms with Crippen molar-refractivity contribution in [1.82, 2.24) is 19.7 Å². The SMILES string of the molecule is Cn1cc(-c2csc3c(NN=Cc4ccccc4)nc(N4CCOCC4)nc23)cn1. The quantitative estimate of drug-likeness (QED) is 0.395. The summed E-state index contributed by atoms with van der Waals surface area (Å²) in [5.41, 5.74) is 7.15. The van der Waals surface area contributed by atoms with E-state index in [2.05, 4.69) is 25.9 Å². The number of nitrogens with one attached hydrogen (secondary N) is 1. The fraction of sp³-hybridized carbons (Fsp3) is 0.238. The third-order valence-corrected chi connectivity index (χ3v) is 5.87. The van der Waals surface area contributed by atoms with Crippen molar-refractivity contribution in [2.24, 2.45) is 12.1 Å². The molecule has 1 saturated heterocycles. The van der Waals surface area contributed by atoms with Gasteiger partial charge in [-0.05, 0) is 5.56 Å². The van der Waals surface area contributed by atoms with Crippen LogP contribution in [0.25, 0.3) is 21.3 Å². The van der Waals surface area contributed by atoms with Gasteiger partial charge < -0.3 is 9.64 Å². The largest absolute Gasteiger partial charge is 0.378 e. The van der Waals surface area contributed by atoms with Gasteiger partial charge in [-0.2, -0.15) is 15.2 Å². The molecule has 1 N–H and O–H groups in total. The van der Waals surface area contributed by atoms with Gasteiger partial charge in [-0.25, -0.2) is 4.98 Å². The van der Waals surface area contributed by atoms with Gasteiger partial charge in [-0.3, -0.25) is 10.1 Å². The van der Waals surface area contributed by atoms with Crippen LogP contribution in [0.4, 0.5) is 11.8 Å². The average Bonchev–Trinajstić information content (AvgIpc) is 3.41. The minimum Gasteiger partial charge on any atom is -0.378 e. The second-order valence-corrected chi connectivity index (χ2v) is 7.86. The minimum atomic E-state index is 0.676. The number of nitrogens with zero attached hydrogens (tertiary/aromatic N) is 6. The highest BCUT2D eigenvalue weighted by Gasteiger charge is 2.20. The summed E-state index contributed by atoms with van der Waals surface area (Å²) in [6.07, 6.45) is 5.65. The van der Waals surface area contributed by atoms with Gasteiger partial charge >= 0.3 is 0 Å². The summed E-state index contributed by atoms with van der Waals surface area (Å²) in [7, 11) is 1.91. The van der Waals surface area contributed by atoms with E-state index in [9.17, 15) is 0 Å². The molecule has 0 radical (unpaired) electrons. The third kappa shape index (κ3) is 3.77. The lowest BCUT2D eigenvalue weighted by molar-refractivity contribution is 0.122. The highest BCUT2D eigenvalue weighted by molar-refractivity contribution is 7.18. The van der Waals surface area contributed by atoms with E-state index in [0.717, 1.165) is 40.0 Å². The molecule has 0 atom stereocenters. The number of hydrogen-bond donors (Lipinski definition) is 1. The summed E-state index contributed by atoms with van der Waals surface area (Å²) in [5.74, 6) is 1.39. The van der Waals surface area contributed by atoms with Gasteiger partial charge in [0.25, 0.3) is 0 Å². The van der Waals surface area contributed by atoms with Crippen molar-refractivity contribution >= 4 is 39.5 Å². The van der Waals surface area contributed by atoms with Gasteiger partial charge in [-0.15, -0.1) is 11.3 Å². The lowest BCUT2D eigenvalue weighted by atomic mass is 10.2. The number of rotatable bonds is 5. The normalized spacial score (nSPS) is 14.6. The Labute approximate surface area is 177 Å². The zero-order valence-electron chi connectivity index (χ0n) is 16.5. The standard InChI is InChI=1S/C21H21N7OS/c1-27-13-16(12-23-27)17-14-30-19-18(17)24-21(28-7-9-29-10-8-28)25-20(19)26-22-11-15-5-3-2-4-6-15/h2-6,11-14H,7-10H2,1H3,(H,24,25,26). The maximum absolute atomic E-state index is 5.49. The average molecular weight is 420 g/mol. The van der Waals surface area contributed by atoms with Crippen LogP contribution in [-0.4, -0.2) is 52.3 Å². The predicted octanol–water partition coefficient (Wildman–Crippen LogP) is 3.37. The summed E-state index contributed by atoms with van der Waals surface area (Å²) in [4.78, 5) is 11.9. The maximum Gasteiger partial charge on any atom is 0.228 e. The van der Waals surface area contributed by atoms with Crippen molar-refractivity contribution in [3.05, 3.63) is 53.7 Å². The van der Waals surface area contributed by atoms with Gasteiger partial charge in [0.05, 0.1) is 35.8 Å². The molecule has 30 heavy (non-hydrogen) atoms. The molecule has 8 nitrogen and oxygen atoms in total. The van der Waals surface area contributed by atoms with Crippen LogP contribution in [0, 0.1) is 0 Å². The Kier molecular flexibility index (Phi) is 5.12. The van der Waals surface area contributed by atoms with Gasteiger partial charge in [-0.1, -0.05) is 30.3 Å². The summed E-state index contributed by atoms with van der Waals surface area (Å²) in [5, 5.41) is 10.8. The van der Waals surface area contributed by atoms with Crippen molar-refractivity contribution in [1.29, 1.82) is 0 Å². The number of hydrogen-bond acceptors (Lipinski definition) is 8. The monoisotopic (exact) mass is 419 g/mol. The number of hydrazone groups is 1. The molecule has 0 aliphatic carbocycles. The van der Waals surface area contributed by atoms with Crippen molar-refractivity contribution in [3.63, 3.8) is 0 Å². The summed E-state index contributed by atoms with van der Waals surface area (Å²) in [6.45, 7) is 2.89. The Morgan fingerprint density at radius 2 is 2.00 bits per heavy atom. The summed E-state index contributed by atoms with van der Waals surface area (Å²) in [6, 6.07) is 9.97. The summed E-state index contributed by atoms with van der Waals surface area (Å²) < 4.78 is 8.25. The number of benzene rings is 1. The Morgan fingerprint density at radius 3 is 2.77 bits per heavy atom.